The van der Waals surface area contributed by atoms with Crippen molar-refractivity contribution in [1.82, 2.24) is 3.64 Å². The van der Waals surface area contributed by atoms with Crippen LogP contribution in [0.5, 0.6) is 0 Å². The monoisotopic (exact) mass is 236 g/mol. The molecular weight excluding hydrogens is 223 g/mol. The Labute approximate surface area is 67.9 Å². The first kappa shape index (κ1) is 12.1. The van der Waals surface area contributed by atoms with Gasteiger partial charge in [0.25, 0.3) is 0 Å². The molecule has 2 nitrogen and oxygen atoms in total. The third-order valence-corrected chi connectivity index (χ3v) is 3.53. The molecule has 58 valence electrons. The Kier molecular flexibility index (Phi) is 11.3. The van der Waals surface area contributed by atoms with Crippen molar-refractivity contribution >= 4 is 17.4 Å². The molecule has 0 rings (SSSR count). The topological polar surface area (TPSA) is 27.1 Å². The number of isothiocyanates is 1. The number of hydrogen-bond donors (Lipinski definition) is 1. The van der Waals surface area contributed by atoms with E-state index in [9.17, 15) is 0 Å². The maximum Gasteiger partial charge on any atom is 0.0554 e. The van der Waals surface area contributed by atoms with Crippen molar-refractivity contribution in [2.24, 2.45) is 0 Å². The second-order valence-corrected chi connectivity index (χ2v) is 6.25. The number of nitrogens with one attached hydrogen (secondary N) is 1. The smallest absolute Gasteiger partial charge is 0.0554 e. The van der Waals surface area contributed by atoms with Crippen LogP contribution in [-0.2, 0) is 16.2 Å². The molecule has 0 fully saturated rings. The van der Waals surface area contributed by atoms with Crippen LogP contribution in [-0.4, -0.2) is 22.9 Å². The molecule has 0 saturated heterocycles. The third kappa shape index (κ3) is 17.8. The summed E-state index contributed by atoms with van der Waals surface area (Å²) in [7, 11) is 4.26. The Morgan fingerprint density at radius 2 is 1.56 bits per heavy atom. The molecule has 4 heteroatoms. The summed E-state index contributed by atoms with van der Waals surface area (Å²) in [4.78, 5) is 0. The molecule has 0 radical (unpaired) electrons. The maximum atomic E-state index is 5.77. The summed E-state index contributed by atoms with van der Waals surface area (Å²) < 4.78 is 2.30. The molecule has 0 bridgehead atoms. The van der Waals surface area contributed by atoms with Crippen LogP contribution in [0.25, 0.3) is 0 Å². The second kappa shape index (κ2) is 8.38. The van der Waals surface area contributed by atoms with Gasteiger partial charge in [-0.2, -0.15) is 0 Å². The van der Waals surface area contributed by atoms with Crippen LogP contribution >= 0.6 is 12.2 Å². The van der Waals surface area contributed by atoms with Gasteiger partial charge in [-0.05, 0) is 12.2 Å². The van der Waals surface area contributed by atoms with Crippen LogP contribution in [0.3, 0.4) is 0 Å². The fraction of sp³-hybridized carbons (Fsp3) is 0.800. The normalized spacial score (nSPS) is 9.22. The van der Waals surface area contributed by atoms with Gasteiger partial charge in [-0.1, -0.05) is 0 Å². The Morgan fingerprint density at radius 1 is 1.44 bits per heavy atom. The zero-order valence-electron chi connectivity index (χ0n) is 6.19. The average molecular weight is 236 g/mol. The van der Waals surface area contributed by atoms with Gasteiger partial charge in [0.1, 0.15) is 0 Å². The van der Waals surface area contributed by atoms with Crippen LogP contribution in [0.15, 0.2) is 0 Å². The Balaban J connectivity index is 0. The number of nitrogens with zero attached hydrogens (tertiary/aromatic N) is 1. The van der Waals surface area contributed by atoms with Gasteiger partial charge in [0.05, 0.1) is 5.16 Å². The zero-order valence-corrected chi connectivity index (χ0v) is 8.64. The minimum absolute atomic E-state index is 0.340. The molecule has 0 saturated carbocycles. The molecule has 0 atom stereocenters. The summed E-state index contributed by atoms with van der Waals surface area (Å²) in [6, 6.07) is 0. The molecule has 9 heavy (non-hydrogen) atoms. The minimum Gasteiger partial charge on any atom is -0.248 e. The Hall–Kier alpha value is 0.383. The van der Waals surface area contributed by atoms with Crippen LogP contribution in [0.4, 0.5) is 0 Å². The number of thiocarbonyl (C=S) groups is 1. The first-order valence-electron chi connectivity index (χ1n) is 2.16. The molecule has 0 spiro atoms. The van der Waals surface area contributed by atoms with Crippen molar-refractivity contribution in [3.8, 4) is 0 Å². The molecule has 0 aromatic carbocycles. The van der Waals surface area contributed by atoms with E-state index in [2.05, 4.69) is 41.0 Å². The van der Waals surface area contributed by atoms with Crippen LogP contribution < -0.4 is 0 Å². The fourth-order valence-corrected chi connectivity index (χ4v) is 0. The molecule has 0 aromatic rings. The summed E-state index contributed by atoms with van der Waals surface area (Å²) in [5.74, 6) is 0. The summed E-state index contributed by atoms with van der Waals surface area (Å²) in [6.45, 7) is 0. The van der Waals surface area contributed by atoms with Crippen molar-refractivity contribution in [3.05, 3.63) is 0 Å². The molecule has 0 amide bonds. The van der Waals surface area contributed by atoms with Crippen molar-refractivity contribution in [2.45, 2.75) is 11.0 Å². The molecular formula is C5H13N2RhS. The van der Waals surface area contributed by atoms with Gasteiger partial charge < -0.3 is 0 Å². The SMILES string of the molecule is C[N](C)[Rh]([CH3])[CH3].N=C=S. The van der Waals surface area contributed by atoms with E-state index in [1.807, 2.05) is 0 Å². The van der Waals surface area contributed by atoms with Gasteiger partial charge in [0.2, 0.25) is 0 Å². The van der Waals surface area contributed by atoms with Crippen molar-refractivity contribution in [1.29, 1.82) is 5.41 Å². The van der Waals surface area contributed by atoms with E-state index >= 15 is 0 Å². The van der Waals surface area contributed by atoms with Crippen molar-refractivity contribution < 1.29 is 16.2 Å². The van der Waals surface area contributed by atoms with Crippen molar-refractivity contribution in [2.75, 3.05) is 14.1 Å². The van der Waals surface area contributed by atoms with Crippen LogP contribution in [0, 0.1) is 5.41 Å². The summed E-state index contributed by atoms with van der Waals surface area (Å²) in [5, 5.41) is 7.36. The molecule has 0 aliphatic heterocycles. The van der Waals surface area contributed by atoms with Crippen LogP contribution in [0.2, 0.25) is 11.0 Å². The zero-order chi connectivity index (χ0) is 7.86. The first-order chi connectivity index (χ1) is 4.06. The predicted octanol–water partition coefficient (Wildman–Crippen LogP) is 1.85. The van der Waals surface area contributed by atoms with E-state index in [4.69, 9.17) is 5.41 Å². The standard InChI is InChI=1S/C2H6N.CHNS.2CH3.Rh/c1-3-2;2-1-3;;;/h1-2H3;2H;2*1H3;/q-1;;;;+1. The number of hydrogen-bond acceptors (Lipinski definition) is 3. The average Bonchev–Trinajstić information content (AvgIpc) is 1.68. The molecule has 0 aliphatic carbocycles. The van der Waals surface area contributed by atoms with E-state index < -0.39 is 0 Å². The van der Waals surface area contributed by atoms with E-state index in [1.54, 1.807) is 5.16 Å². The first-order valence-corrected chi connectivity index (χ1v) is 6.58. The van der Waals surface area contributed by atoms with Gasteiger partial charge in [0.15, 0.2) is 0 Å². The Morgan fingerprint density at radius 3 is 1.56 bits per heavy atom. The predicted molar refractivity (Wildman–Crippen MR) is 40.7 cm³/mol. The van der Waals surface area contributed by atoms with E-state index in [-0.39, 0.29) is 16.2 Å². The van der Waals surface area contributed by atoms with Gasteiger partial charge >= 0.3 is 45.0 Å². The molecule has 0 heterocycles. The molecule has 0 unspecified atom stereocenters. The summed E-state index contributed by atoms with van der Waals surface area (Å²) in [5.41, 5.74) is 4.59. The largest absolute Gasteiger partial charge is 0.248 e. The molecule has 1 N–H and O–H groups in total. The summed E-state index contributed by atoms with van der Waals surface area (Å²) in [6.07, 6.45) is 0. The molecule has 0 aliphatic rings. The fourth-order valence-electron chi connectivity index (χ4n) is 0. The maximum absolute atomic E-state index is 5.77. The van der Waals surface area contributed by atoms with Gasteiger partial charge in [-0.15, -0.1) is 0 Å². The minimum atomic E-state index is -0.340. The quantitative estimate of drug-likeness (QED) is 0.427. The van der Waals surface area contributed by atoms with E-state index in [1.165, 1.54) is 0 Å². The summed E-state index contributed by atoms with van der Waals surface area (Å²) >= 11 is 3.47. The second-order valence-electron chi connectivity index (χ2n) is 1.48. The molecule has 0 aromatic heterocycles. The van der Waals surface area contributed by atoms with E-state index in [0.717, 1.165) is 0 Å². The van der Waals surface area contributed by atoms with Gasteiger partial charge in [-0.3, -0.25) is 0 Å². The third-order valence-electron chi connectivity index (χ3n) is 0.596. The van der Waals surface area contributed by atoms with Gasteiger partial charge in [0, 0.05) is 0 Å². The van der Waals surface area contributed by atoms with Crippen LogP contribution in [0.1, 0.15) is 0 Å². The Bertz CT molecular complexity index is 81.0. The number of rotatable bonds is 1. The van der Waals surface area contributed by atoms with E-state index in [0.29, 0.717) is 0 Å². The van der Waals surface area contributed by atoms with Gasteiger partial charge in [-0.25, -0.2) is 5.41 Å². The van der Waals surface area contributed by atoms with Crippen molar-refractivity contribution in [3.63, 3.8) is 0 Å².